The van der Waals surface area contributed by atoms with Gasteiger partial charge in [-0.3, -0.25) is 9.74 Å². The van der Waals surface area contributed by atoms with Crippen molar-refractivity contribution in [2.24, 2.45) is 0 Å². The van der Waals surface area contributed by atoms with E-state index in [-0.39, 0.29) is 24.4 Å². The standard InChI is InChI=1S/C16H22N2O3/c1-11-14(12-8-6-5-7-9-12)18-13(21-18)10-17(11)15(19)20-16(2,3)4/h5-9,11,13-14H,10H2,1-4H3. The molecule has 5 nitrogen and oxygen atoms in total. The third-order valence-electron chi connectivity index (χ3n) is 3.83. The number of amides is 1. The second-order valence-electron chi connectivity index (χ2n) is 6.65. The van der Waals surface area contributed by atoms with Gasteiger partial charge >= 0.3 is 6.09 Å². The molecule has 2 aliphatic rings. The third-order valence-corrected chi connectivity index (χ3v) is 3.83. The molecule has 0 aromatic heterocycles. The van der Waals surface area contributed by atoms with Crippen LogP contribution in [0, 0.1) is 0 Å². The van der Waals surface area contributed by atoms with Crippen molar-refractivity contribution in [3.63, 3.8) is 0 Å². The number of fused-ring (bicyclic) bond motifs is 1. The summed E-state index contributed by atoms with van der Waals surface area (Å²) in [6.45, 7) is 8.25. The van der Waals surface area contributed by atoms with Crippen LogP contribution in [0.2, 0.25) is 0 Å². The summed E-state index contributed by atoms with van der Waals surface area (Å²) in [6, 6.07) is 10.2. The fourth-order valence-corrected chi connectivity index (χ4v) is 2.83. The highest BCUT2D eigenvalue weighted by Gasteiger charge is 2.53. The Labute approximate surface area is 125 Å². The molecule has 2 heterocycles. The number of carbonyl (C=O) groups excluding carboxylic acids is 1. The van der Waals surface area contributed by atoms with Crippen LogP contribution in [0.15, 0.2) is 30.3 Å². The van der Waals surface area contributed by atoms with Gasteiger partial charge in [0.25, 0.3) is 0 Å². The third kappa shape index (κ3) is 2.89. The van der Waals surface area contributed by atoms with E-state index in [1.54, 1.807) is 4.90 Å². The van der Waals surface area contributed by atoms with Crippen LogP contribution in [0.3, 0.4) is 0 Å². The van der Waals surface area contributed by atoms with Gasteiger partial charge in [0.15, 0.2) is 6.23 Å². The fourth-order valence-electron chi connectivity index (χ4n) is 2.83. The number of nitrogens with zero attached hydrogens (tertiary/aromatic N) is 2. The van der Waals surface area contributed by atoms with Gasteiger partial charge in [-0.25, -0.2) is 4.79 Å². The molecule has 2 fully saturated rings. The van der Waals surface area contributed by atoms with E-state index in [4.69, 9.17) is 9.57 Å². The van der Waals surface area contributed by atoms with Crippen LogP contribution in [-0.4, -0.2) is 40.5 Å². The number of carbonyl (C=O) groups is 1. The highest BCUT2D eigenvalue weighted by atomic mass is 16.8. The lowest BCUT2D eigenvalue weighted by Gasteiger charge is -2.38. The SMILES string of the molecule is CC1C(c2ccccc2)N2OC2CN1C(=O)OC(C)(C)C. The second kappa shape index (κ2) is 5.00. The summed E-state index contributed by atoms with van der Waals surface area (Å²) in [5, 5.41) is 1.97. The average Bonchev–Trinajstić information content (AvgIpc) is 3.15. The van der Waals surface area contributed by atoms with E-state index < -0.39 is 5.60 Å². The molecule has 0 radical (unpaired) electrons. The Morgan fingerprint density at radius 2 is 1.95 bits per heavy atom. The molecule has 0 spiro atoms. The molecule has 2 saturated heterocycles. The van der Waals surface area contributed by atoms with Crippen LogP contribution in [0.25, 0.3) is 0 Å². The minimum Gasteiger partial charge on any atom is -0.444 e. The molecule has 21 heavy (non-hydrogen) atoms. The second-order valence-corrected chi connectivity index (χ2v) is 6.65. The van der Waals surface area contributed by atoms with Gasteiger partial charge in [-0.2, -0.15) is 0 Å². The Hall–Kier alpha value is -1.59. The topological polar surface area (TPSA) is 45.1 Å². The Kier molecular flexibility index (Phi) is 3.42. The van der Waals surface area contributed by atoms with Gasteiger partial charge in [-0.1, -0.05) is 30.3 Å². The number of hydrogen-bond acceptors (Lipinski definition) is 4. The number of benzene rings is 1. The zero-order chi connectivity index (χ0) is 15.2. The van der Waals surface area contributed by atoms with Crippen molar-refractivity contribution < 1.29 is 14.4 Å². The maximum absolute atomic E-state index is 12.4. The van der Waals surface area contributed by atoms with Gasteiger partial charge in [0.1, 0.15) is 5.60 Å². The Morgan fingerprint density at radius 1 is 1.29 bits per heavy atom. The zero-order valence-electron chi connectivity index (χ0n) is 12.9. The minimum absolute atomic E-state index is 0.000926. The molecule has 1 aromatic carbocycles. The lowest BCUT2D eigenvalue weighted by Crippen LogP contribution is -2.51. The number of ether oxygens (including phenoxy) is 1. The molecule has 3 rings (SSSR count). The molecule has 4 unspecified atom stereocenters. The largest absolute Gasteiger partial charge is 0.444 e. The molecule has 0 N–H and O–H groups in total. The summed E-state index contributed by atoms with van der Waals surface area (Å²) >= 11 is 0. The Balaban J connectivity index is 1.80. The Morgan fingerprint density at radius 3 is 2.57 bits per heavy atom. The predicted molar refractivity (Wildman–Crippen MR) is 78.3 cm³/mol. The summed E-state index contributed by atoms with van der Waals surface area (Å²) in [4.78, 5) is 19.8. The van der Waals surface area contributed by atoms with Crippen molar-refractivity contribution in [2.45, 2.75) is 51.6 Å². The molecule has 0 aliphatic carbocycles. The predicted octanol–water partition coefficient (Wildman–Crippen LogP) is 2.94. The van der Waals surface area contributed by atoms with Crippen LogP contribution < -0.4 is 0 Å². The van der Waals surface area contributed by atoms with E-state index in [0.717, 1.165) is 5.56 Å². The monoisotopic (exact) mass is 290 g/mol. The van der Waals surface area contributed by atoms with Crippen LogP contribution in [0.4, 0.5) is 4.79 Å². The molecular weight excluding hydrogens is 268 g/mol. The normalized spacial score (nSPS) is 31.5. The summed E-state index contributed by atoms with van der Waals surface area (Å²) in [5.41, 5.74) is 0.668. The maximum atomic E-state index is 12.4. The first-order valence-electron chi connectivity index (χ1n) is 7.36. The molecule has 4 atom stereocenters. The molecule has 114 valence electrons. The van der Waals surface area contributed by atoms with E-state index in [2.05, 4.69) is 12.1 Å². The summed E-state index contributed by atoms with van der Waals surface area (Å²) in [7, 11) is 0. The smallest absolute Gasteiger partial charge is 0.410 e. The van der Waals surface area contributed by atoms with Gasteiger partial charge in [-0.15, -0.1) is 5.06 Å². The van der Waals surface area contributed by atoms with Crippen LogP contribution in [-0.2, 0) is 9.57 Å². The lowest BCUT2D eigenvalue weighted by atomic mass is 9.97. The highest BCUT2D eigenvalue weighted by Crippen LogP contribution is 2.42. The number of hydrogen-bond donors (Lipinski definition) is 0. The van der Waals surface area contributed by atoms with Crippen LogP contribution in [0.1, 0.15) is 39.3 Å². The summed E-state index contributed by atoms with van der Waals surface area (Å²) in [6.07, 6.45) is -0.287. The molecule has 5 heteroatoms. The molecule has 1 amide bonds. The average molecular weight is 290 g/mol. The van der Waals surface area contributed by atoms with Crippen molar-refractivity contribution in [3.8, 4) is 0 Å². The number of hydroxylamine groups is 2. The quantitative estimate of drug-likeness (QED) is 0.746. The highest BCUT2D eigenvalue weighted by molar-refractivity contribution is 5.69. The van der Waals surface area contributed by atoms with Crippen molar-refractivity contribution in [1.82, 2.24) is 9.96 Å². The lowest BCUT2D eigenvalue weighted by molar-refractivity contribution is -0.00159. The zero-order valence-corrected chi connectivity index (χ0v) is 12.9. The van der Waals surface area contributed by atoms with Crippen molar-refractivity contribution in [3.05, 3.63) is 35.9 Å². The maximum Gasteiger partial charge on any atom is 0.410 e. The molecule has 2 aliphatic heterocycles. The first-order valence-corrected chi connectivity index (χ1v) is 7.36. The van der Waals surface area contributed by atoms with Gasteiger partial charge < -0.3 is 4.74 Å². The Bertz CT molecular complexity index is 526. The fraction of sp³-hybridized carbons (Fsp3) is 0.562. The van der Waals surface area contributed by atoms with Crippen LogP contribution >= 0.6 is 0 Å². The molecular formula is C16H22N2O3. The van der Waals surface area contributed by atoms with Crippen molar-refractivity contribution >= 4 is 6.09 Å². The molecule has 1 aromatic rings. The van der Waals surface area contributed by atoms with Crippen molar-refractivity contribution in [1.29, 1.82) is 0 Å². The first-order chi connectivity index (χ1) is 9.87. The summed E-state index contributed by atoms with van der Waals surface area (Å²) < 4.78 is 5.51. The first kappa shape index (κ1) is 14.4. The van der Waals surface area contributed by atoms with Gasteiger partial charge in [0, 0.05) is 0 Å². The van der Waals surface area contributed by atoms with Crippen molar-refractivity contribution in [2.75, 3.05) is 6.54 Å². The van der Waals surface area contributed by atoms with E-state index in [0.29, 0.717) is 6.54 Å². The van der Waals surface area contributed by atoms with E-state index in [9.17, 15) is 4.79 Å². The minimum atomic E-state index is -0.486. The molecule has 0 saturated carbocycles. The van der Waals surface area contributed by atoms with E-state index in [1.807, 2.05) is 51.0 Å². The summed E-state index contributed by atoms with van der Waals surface area (Å²) in [5.74, 6) is 0. The van der Waals surface area contributed by atoms with Gasteiger partial charge in [0.05, 0.1) is 18.6 Å². The number of piperazine rings is 1. The van der Waals surface area contributed by atoms with Gasteiger partial charge in [0.2, 0.25) is 0 Å². The molecule has 0 bridgehead atoms. The number of rotatable bonds is 1. The van der Waals surface area contributed by atoms with Crippen LogP contribution in [0.5, 0.6) is 0 Å². The van der Waals surface area contributed by atoms with E-state index >= 15 is 0 Å². The van der Waals surface area contributed by atoms with Gasteiger partial charge in [-0.05, 0) is 33.3 Å². The van der Waals surface area contributed by atoms with E-state index in [1.165, 1.54) is 0 Å².